The molecule has 3 rings (SSSR count). The molecule has 1 aliphatic heterocycles. The maximum absolute atomic E-state index is 11.5. The van der Waals surface area contributed by atoms with Crippen LogP contribution in [0, 0.1) is 5.92 Å². The molecule has 0 spiro atoms. The number of esters is 1. The minimum atomic E-state index is -0.110. The Bertz CT molecular complexity index is 632. The van der Waals surface area contributed by atoms with Gasteiger partial charge in [-0.05, 0) is 31.0 Å². The fourth-order valence-electron chi connectivity index (χ4n) is 2.61. The molecule has 0 bridgehead atoms. The number of anilines is 1. The van der Waals surface area contributed by atoms with E-state index in [2.05, 4.69) is 14.9 Å². The molecule has 0 unspecified atom stereocenters. The Balaban J connectivity index is 1.75. The van der Waals surface area contributed by atoms with Crippen molar-refractivity contribution in [2.45, 2.75) is 12.8 Å². The smallest absolute Gasteiger partial charge is 0.308 e. The summed E-state index contributed by atoms with van der Waals surface area (Å²) >= 11 is 5.97. The highest BCUT2D eigenvalue weighted by atomic mass is 35.5. The number of piperidine rings is 1. The number of hydrogen-bond acceptors (Lipinski definition) is 4. The topological polar surface area (TPSA) is 58.2 Å². The van der Waals surface area contributed by atoms with Gasteiger partial charge in [-0.15, -0.1) is 0 Å². The lowest BCUT2D eigenvalue weighted by Gasteiger charge is -2.30. The van der Waals surface area contributed by atoms with Gasteiger partial charge in [-0.2, -0.15) is 0 Å². The lowest BCUT2D eigenvalue weighted by molar-refractivity contribution is -0.146. The molecule has 1 fully saturated rings. The van der Waals surface area contributed by atoms with Crippen LogP contribution in [0.1, 0.15) is 12.8 Å². The molecule has 5 nitrogen and oxygen atoms in total. The summed E-state index contributed by atoms with van der Waals surface area (Å²) in [6, 6.07) is 5.60. The van der Waals surface area contributed by atoms with Gasteiger partial charge in [0.15, 0.2) is 0 Å². The Morgan fingerprint density at radius 2 is 2.20 bits per heavy atom. The SMILES string of the molecule is COC(=O)C1CCN(c2nc3ccc(Cl)cc3[nH]2)CC1. The first-order chi connectivity index (χ1) is 9.67. The molecule has 0 amide bonds. The summed E-state index contributed by atoms with van der Waals surface area (Å²) in [5.74, 6) is 0.738. The number of carbonyl (C=O) groups is 1. The number of nitrogens with one attached hydrogen (secondary N) is 1. The Morgan fingerprint density at radius 1 is 1.45 bits per heavy atom. The lowest BCUT2D eigenvalue weighted by atomic mass is 9.97. The average molecular weight is 294 g/mol. The number of benzene rings is 1. The summed E-state index contributed by atoms with van der Waals surface area (Å²) in [5.41, 5.74) is 1.84. The van der Waals surface area contributed by atoms with Gasteiger partial charge in [0.2, 0.25) is 5.95 Å². The van der Waals surface area contributed by atoms with E-state index < -0.39 is 0 Å². The zero-order chi connectivity index (χ0) is 14.1. The zero-order valence-electron chi connectivity index (χ0n) is 11.2. The second-order valence-electron chi connectivity index (χ2n) is 5.01. The summed E-state index contributed by atoms with van der Waals surface area (Å²) in [6.07, 6.45) is 1.59. The second-order valence-corrected chi connectivity index (χ2v) is 5.44. The molecule has 0 radical (unpaired) electrons. The van der Waals surface area contributed by atoms with Gasteiger partial charge >= 0.3 is 5.97 Å². The van der Waals surface area contributed by atoms with E-state index in [9.17, 15) is 4.79 Å². The number of aromatic nitrogens is 2. The summed E-state index contributed by atoms with van der Waals surface area (Å²) in [5, 5.41) is 0.692. The standard InChI is InChI=1S/C14H16ClN3O2/c1-20-13(19)9-4-6-18(7-5-9)14-16-11-3-2-10(15)8-12(11)17-14/h2-3,8-9H,4-7H2,1H3,(H,16,17). The number of hydrogen-bond donors (Lipinski definition) is 1. The van der Waals surface area contributed by atoms with Crippen molar-refractivity contribution in [2.24, 2.45) is 5.92 Å². The molecule has 1 aromatic heterocycles. The second kappa shape index (κ2) is 5.32. The van der Waals surface area contributed by atoms with E-state index in [0.717, 1.165) is 42.9 Å². The predicted molar refractivity (Wildman–Crippen MR) is 78.1 cm³/mol. The van der Waals surface area contributed by atoms with Crippen LogP contribution >= 0.6 is 11.6 Å². The highest BCUT2D eigenvalue weighted by molar-refractivity contribution is 6.31. The van der Waals surface area contributed by atoms with Crippen molar-refractivity contribution in [3.8, 4) is 0 Å². The van der Waals surface area contributed by atoms with Crippen LogP contribution in [0.25, 0.3) is 11.0 Å². The van der Waals surface area contributed by atoms with Gasteiger partial charge in [0.1, 0.15) is 0 Å². The average Bonchev–Trinajstić information content (AvgIpc) is 2.89. The van der Waals surface area contributed by atoms with Gasteiger partial charge in [-0.3, -0.25) is 4.79 Å². The van der Waals surface area contributed by atoms with Crippen molar-refractivity contribution in [2.75, 3.05) is 25.1 Å². The Morgan fingerprint density at radius 3 is 2.90 bits per heavy atom. The molecule has 1 saturated heterocycles. The van der Waals surface area contributed by atoms with E-state index in [0.29, 0.717) is 5.02 Å². The van der Waals surface area contributed by atoms with Crippen molar-refractivity contribution in [3.05, 3.63) is 23.2 Å². The van der Waals surface area contributed by atoms with Crippen LogP contribution in [0.3, 0.4) is 0 Å². The number of aromatic amines is 1. The van der Waals surface area contributed by atoms with Crippen molar-refractivity contribution in [3.63, 3.8) is 0 Å². The fourth-order valence-corrected chi connectivity index (χ4v) is 2.78. The number of carbonyl (C=O) groups excluding carboxylic acids is 1. The van der Waals surface area contributed by atoms with E-state index in [-0.39, 0.29) is 11.9 Å². The minimum absolute atomic E-state index is 0.00933. The fraction of sp³-hybridized carbons (Fsp3) is 0.429. The third-order valence-electron chi connectivity index (χ3n) is 3.76. The summed E-state index contributed by atoms with van der Waals surface area (Å²) < 4.78 is 4.80. The summed E-state index contributed by atoms with van der Waals surface area (Å²) in [7, 11) is 1.44. The molecule has 1 N–H and O–H groups in total. The Labute approximate surface area is 121 Å². The quantitative estimate of drug-likeness (QED) is 0.865. The minimum Gasteiger partial charge on any atom is -0.469 e. The van der Waals surface area contributed by atoms with Crippen LogP contribution < -0.4 is 4.90 Å². The molecule has 0 aliphatic carbocycles. The number of methoxy groups -OCH3 is 1. The van der Waals surface area contributed by atoms with E-state index in [1.807, 2.05) is 18.2 Å². The predicted octanol–water partition coefficient (Wildman–Crippen LogP) is 2.61. The first-order valence-corrected chi connectivity index (χ1v) is 7.03. The van der Waals surface area contributed by atoms with Crippen LogP contribution in [-0.4, -0.2) is 36.1 Å². The van der Waals surface area contributed by atoms with Gasteiger partial charge in [0.05, 0.1) is 24.1 Å². The largest absolute Gasteiger partial charge is 0.469 e. The van der Waals surface area contributed by atoms with Crippen LogP contribution in [-0.2, 0) is 9.53 Å². The number of nitrogens with zero attached hydrogens (tertiary/aromatic N) is 2. The molecule has 0 atom stereocenters. The first kappa shape index (κ1) is 13.2. The molecule has 0 saturated carbocycles. The molecule has 106 valence electrons. The molecule has 20 heavy (non-hydrogen) atoms. The molecule has 6 heteroatoms. The van der Waals surface area contributed by atoms with Crippen molar-refractivity contribution in [1.29, 1.82) is 0 Å². The number of ether oxygens (including phenoxy) is 1. The summed E-state index contributed by atoms with van der Waals surface area (Å²) in [6.45, 7) is 1.60. The number of halogens is 1. The van der Waals surface area contributed by atoms with Crippen LogP contribution in [0.4, 0.5) is 5.95 Å². The van der Waals surface area contributed by atoms with E-state index >= 15 is 0 Å². The molecular weight excluding hydrogens is 278 g/mol. The highest BCUT2D eigenvalue weighted by Gasteiger charge is 2.26. The van der Waals surface area contributed by atoms with Gasteiger partial charge < -0.3 is 14.6 Å². The van der Waals surface area contributed by atoms with Crippen LogP contribution in [0.5, 0.6) is 0 Å². The third-order valence-corrected chi connectivity index (χ3v) is 4.00. The lowest BCUT2D eigenvalue weighted by Crippen LogP contribution is -2.37. The van der Waals surface area contributed by atoms with Crippen molar-refractivity contribution in [1.82, 2.24) is 9.97 Å². The van der Waals surface area contributed by atoms with Gasteiger partial charge in [0, 0.05) is 18.1 Å². The Hall–Kier alpha value is -1.75. The molecule has 1 aromatic carbocycles. The molecular formula is C14H16ClN3O2. The van der Waals surface area contributed by atoms with E-state index in [4.69, 9.17) is 16.3 Å². The summed E-state index contributed by atoms with van der Waals surface area (Å²) in [4.78, 5) is 21.5. The number of rotatable bonds is 2. The van der Waals surface area contributed by atoms with Crippen LogP contribution in [0.15, 0.2) is 18.2 Å². The maximum Gasteiger partial charge on any atom is 0.308 e. The Kier molecular flexibility index (Phi) is 3.53. The normalized spacial score (nSPS) is 16.6. The third kappa shape index (κ3) is 2.45. The van der Waals surface area contributed by atoms with Crippen LogP contribution in [0.2, 0.25) is 5.02 Å². The van der Waals surface area contributed by atoms with Crippen molar-refractivity contribution >= 4 is 34.6 Å². The molecule has 2 heterocycles. The van der Waals surface area contributed by atoms with Gasteiger partial charge in [-0.25, -0.2) is 4.98 Å². The molecule has 1 aliphatic rings. The van der Waals surface area contributed by atoms with E-state index in [1.165, 1.54) is 7.11 Å². The number of imidazole rings is 1. The van der Waals surface area contributed by atoms with Gasteiger partial charge in [0.25, 0.3) is 0 Å². The number of H-pyrrole nitrogens is 1. The molecule has 2 aromatic rings. The van der Waals surface area contributed by atoms with Crippen molar-refractivity contribution < 1.29 is 9.53 Å². The highest BCUT2D eigenvalue weighted by Crippen LogP contribution is 2.25. The van der Waals surface area contributed by atoms with Gasteiger partial charge in [-0.1, -0.05) is 11.6 Å². The maximum atomic E-state index is 11.5. The van der Waals surface area contributed by atoms with E-state index in [1.54, 1.807) is 0 Å². The zero-order valence-corrected chi connectivity index (χ0v) is 12.0. The first-order valence-electron chi connectivity index (χ1n) is 6.65. The number of fused-ring (bicyclic) bond motifs is 1. The monoisotopic (exact) mass is 293 g/mol.